The minimum atomic E-state index is -1.03. The molecule has 0 aromatic heterocycles. The van der Waals surface area contributed by atoms with Crippen LogP contribution in [-0.2, 0) is 4.74 Å². The summed E-state index contributed by atoms with van der Waals surface area (Å²) in [6, 6.07) is 7.52. The highest BCUT2D eigenvalue weighted by Gasteiger charge is 2.57. The number of rotatable bonds is 3. The molecule has 0 radical (unpaired) electrons. The van der Waals surface area contributed by atoms with Crippen LogP contribution in [0.1, 0.15) is 11.6 Å². The number of nitrogens with zero attached hydrogens (tertiary/aromatic N) is 2. The van der Waals surface area contributed by atoms with Gasteiger partial charge in [-0.1, -0.05) is 39.3 Å². The molecule has 2 aliphatic heterocycles. The number of ether oxygens (including phenoxy) is 1. The Morgan fingerprint density at radius 3 is 2.73 bits per heavy atom. The highest BCUT2D eigenvalue weighted by atomic mass is 79.9. The molecule has 5 nitrogen and oxygen atoms in total. The third-order valence-electron chi connectivity index (χ3n) is 4.17. The molecule has 0 amide bonds. The molecule has 3 atom stereocenters. The van der Waals surface area contributed by atoms with E-state index in [2.05, 4.69) is 32.6 Å². The predicted molar refractivity (Wildman–Crippen MR) is 86.8 cm³/mol. The van der Waals surface area contributed by atoms with Crippen LogP contribution in [0.3, 0.4) is 0 Å². The Kier molecular flexibility index (Phi) is 4.08. The van der Waals surface area contributed by atoms with Gasteiger partial charge in [-0.25, -0.2) is 0 Å². The molecule has 116 valence electrons. The summed E-state index contributed by atoms with van der Waals surface area (Å²) in [4.78, 5) is 2.07. The highest BCUT2D eigenvalue weighted by molar-refractivity contribution is 9.10. The van der Waals surface area contributed by atoms with Crippen molar-refractivity contribution in [1.82, 2.24) is 4.90 Å². The molecular weight excluding hydrogens is 348 g/mol. The van der Waals surface area contributed by atoms with E-state index in [0.29, 0.717) is 18.8 Å². The quantitative estimate of drug-likeness (QED) is 0.491. The van der Waals surface area contributed by atoms with Crippen molar-refractivity contribution >= 4 is 21.6 Å². The summed E-state index contributed by atoms with van der Waals surface area (Å²) in [5, 5.41) is 23.4. The van der Waals surface area contributed by atoms with E-state index in [0.717, 1.165) is 10.0 Å². The van der Waals surface area contributed by atoms with Gasteiger partial charge in [0.15, 0.2) is 5.60 Å². The largest absolute Gasteiger partial charge is 0.484 e. The van der Waals surface area contributed by atoms with Crippen molar-refractivity contribution in [3.05, 3.63) is 59.3 Å². The van der Waals surface area contributed by atoms with Crippen molar-refractivity contribution in [1.29, 1.82) is 0 Å². The maximum atomic E-state index is 10.3. The van der Waals surface area contributed by atoms with E-state index in [-0.39, 0.29) is 6.04 Å². The first kappa shape index (κ1) is 15.3. The van der Waals surface area contributed by atoms with Crippen LogP contribution in [0.2, 0.25) is 0 Å². The van der Waals surface area contributed by atoms with Crippen molar-refractivity contribution in [2.75, 3.05) is 13.1 Å². The molecule has 1 spiro atoms. The molecule has 1 aromatic rings. The SMILES string of the molecule is C=CCN1C[C@]2(OC=C[C@H]2O)/C(=N\O)[C@@H]1c1ccc(Br)cc1. The zero-order chi connectivity index (χ0) is 15.7. The number of aliphatic hydroxyl groups is 1. The van der Waals surface area contributed by atoms with Gasteiger partial charge in [-0.15, -0.1) is 6.58 Å². The van der Waals surface area contributed by atoms with E-state index in [1.54, 1.807) is 12.2 Å². The molecule has 1 fully saturated rings. The Labute approximate surface area is 137 Å². The van der Waals surface area contributed by atoms with Crippen LogP contribution in [0.15, 0.2) is 58.9 Å². The monoisotopic (exact) mass is 364 g/mol. The summed E-state index contributed by atoms with van der Waals surface area (Å²) in [6.07, 6.45) is 3.98. The Balaban J connectivity index is 2.05. The molecule has 0 aliphatic carbocycles. The molecule has 1 saturated heterocycles. The van der Waals surface area contributed by atoms with Crippen LogP contribution >= 0.6 is 15.9 Å². The second-order valence-electron chi connectivity index (χ2n) is 5.44. The van der Waals surface area contributed by atoms with Gasteiger partial charge in [0.05, 0.1) is 12.3 Å². The number of oxime groups is 1. The average molecular weight is 365 g/mol. The van der Waals surface area contributed by atoms with Crippen LogP contribution in [0.4, 0.5) is 0 Å². The molecule has 0 unspecified atom stereocenters. The minimum absolute atomic E-state index is 0.273. The first-order chi connectivity index (χ1) is 10.6. The fourth-order valence-corrected chi connectivity index (χ4v) is 3.43. The van der Waals surface area contributed by atoms with Gasteiger partial charge in [-0.3, -0.25) is 4.90 Å². The third kappa shape index (κ3) is 2.27. The van der Waals surface area contributed by atoms with E-state index >= 15 is 0 Å². The lowest BCUT2D eigenvalue weighted by Gasteiger charge is -2.26. The Morgan fingerprint density at radius 1 is 1.45 bits per heavy atom. The minimum Gasteiger partial charge on any atom is -0.484 e. The van der Waals surface area contributed by atoms with Crippen LogP contribution < -0.4 is 0 Å². The van der Waals surface area contributed by atoms with Crippen molar-refractivity contribution < 1.29 is 15.1 Å². The van der Waals surface area contributed by atoms with Crippen molar-refractivity contribution in [3.63, 3.8) is 0 Å². The summed E-state index contributed by atoms with van der Waals surface area (Å²) in [5.74, 6) is 0. The zero-order valence-electron chi connectivity index (χ0n) is 11.9. The lowest BCUT2D eigenvalue weighted by atomic mass is 9.89. The van der Waals surface area contributed by atoms with E-state index in [1.807, 2.05) is 24.3 Å². The summed E-state index contributed by atoms with van der Waals surface area (Å²) in [5.41, 5.74) is 0.349. The molecule has 6 heteroatoms. The molecule has 0 saturated carbocycles. The van der Waals surface area contributed by atoms with Crippen molar-refractivity contribution in [2.45, 2.75) is 17.7 Å². The number of aliphatic hydroxyl groups excluding tert-OH is 1. The number of halogens is 1. The maximum Gasteiger partial charge on any atom is 0.193 e. The van der Waals surface area contributed by atoms with Crippen LogP contribution in [-0.4, -0.2) is 45.7 Å². The Bertz CT molecular complexity index is 629. The lowest BCUT2D eigenvalue weighted by molar-refractivity contribution is 0.00983. The Morgan fingerprint density at radius 2 is 2.18 bits per heavy atom. The number of likely N-dealkylation sites (tertiary alicyclic amines) is 1. The zero-order valence-corrected chi connectivity index (χ0v) is 13.5. The van der Waals surface area contributed by atoms with E-state index in [9.17, 15) is 10.3 Å². The van der Waals surface area contributed by atoms with Crippen LogP contribution in [0.5, 0.6) is 0 Å². The number of benzene rings is 1. The van der Waals surface area contributed by atoms with E-state index in [1.165, 1.54) is 6.26 Å². The molecule has 22 heavy (non-hydrogen) atoms. The second-order valence-corrected chi connectivity index (χ2v) is 6.35. The molecule has 3 rings (SSSR count). The van der Waals surface area contributed by atoms with Crippen LogP contribution in [0.25, 0.3) is 0 Å². The normalized spacial score (nSPS) is 32.7. The van der Waals surface area contributed by atoms with Gasteiger partial charge in [0, 0.05) is 17.6 Å². The van der Waals surface area contributed by atoms with Gasteiger partial charge in [-0.2, -0.15) is 0 Å². The fourth-order valence-electron chi connectivity index (χ4n) is 3.17. The van der Waals surface area contributed by atoms with Gasteiger partial charge < -0.3 is 15.1 Å². The van der Waals surface area contributed by atoms with Gasteiger partial charge >= 0.3 is 0 Å². The van der Waals surface area contributed by atoms with Crippen molar-refractivity contribution in [3.8, 4) is 0 Å². The first-order valence-electron chi connectivity index (χ1n) is 6.98. The topological polar surface area (TPSA) is 65.3 Å². The Hall–Kier alpha value is -1.63. The molecule has 2 heterocycles. The summed E-state index contributed by atoms with van der Waals surface area (Å²) >= 11 is 3.42. The molecule has 2 aliphatic rings. The second kappa shape index (κ2) is 5.87. The summed E-state index contributed by atoms with van der Waals surface area (Å²) in [6.45, 7) is 4.80. The lowest BCUT2D eigenvalue weighted by Crippen LogP contribution is -2.48. The van der Waals surface area contributed by atoms with E-state index < -0.39 is 11.7 Å². The van der Waals surface area contributed by atoms with Crippen molar-refractivity contribution in [2.24, 2.45) is 5.16 Å². The highest BCUT2D eigenvalue weighted by Crippen LogP contribution is 2.42. The van der Waals surface area contributed by atoms with Crippen LogP contribution in [0, 0.1) is 0 Å². The first-order valence-corrected chi connectivity index (χ1v) is 7.77. The maximum absolute atomic E-state index is 10.3. The fraction of sp³-hybridized carbons (Fsp3) is 0.312. The predicted octanol–water partition coefficient (Wildman–Crippen LogP) is 2.47. The smallest absolute Gasteiger partial charge is 0.193 e. The standard InChI is InChI=1S/C16H17BrN2O3/c1-2-8-19-10-16(13(20)7-9-22-16)15(18-21)14(19)11-3-5-12(17)6-4-11/h2-7,9,13-14,20-21H,1,8,10H2/b18-15-/t13-,14+,16-/m1/s1. The molecule has 1 aromatic carbocycles. The number of hydrogen-bond donors (Lipinski definition) is 2. The molecule has 0 bridgehead atoms. The number of hydrogen-bond acceptors (Lipinski definition) is 5. The molecular formula is C16H17BrN2O3. The third-order valence-corrected chi connectivity index (χ3v) is 4.70. The average Bonchev–Trinajstić information content (AvgIpc) is 3.02. The van der Waals surface area contributed by atoms with Gasteiger partial charge in [0.2, 0.25) is 0 Å². The molecule has 2 N–H and O–H groups in total. The van der Waals surface area contributed by atoms with Gasteiger partial charge in [0.25, 0.3) is 0 Å². The van der Waals surface area contributed by atoms with E-state index in [4.69, 9.17) is 4.74 Å². The van der Waals surface area contributed by atoms with Gasteiger partial charge in [-0.05, 0) is 23.8 Å². The van der Waals surface area contributed by atoms with Gasteiger partial charge in [0.1, 0.15) is 11.8 Å². The summed E-state index contributed by atoms with van der Waals surface area (Å²) in [7, 11) is 0. The summed E-state index contributed by atoms with van der Waals surface area (Å²) < 4.78 is 6.64.